The number of hydrogen-bond donors (Lipinski definition) is 5. The number of allylic oxidation sites excluding steroid dienone is 1. The number of amides is 1. The van der Waals surface area contributed by atoms with Gasteiger partial charge in [0.05, 0.1) is 12.8 Å². The van der Waals surface area contributed by atoms with Crippen molar-refractivity contribution in [2.75, 3.05) is 7.11 Å². The van der Waals surface area contributed by atoms with Gasteiger partial charge in [-0.2, -0.15) is 9.98 Å². The normalized spacial score (nSPS) is 19.6. The molecule has 1 aromatic rings. The van der Waals surface area contributed by atoms with Crippen LogP contribution in [-0.2, 0) is 9.47 Å². The van der Waals surface area contributed by atoms with Crippen LogP contribution in [0.25, 0.3) is 5.57 Å². The van der Waals surface area contributed by atoms with Crippen molar-refractivity contribution in [3.8, 4) is 11.8 Å². The molecule has 198 valence electrons. The summed E-state index contributed by atoms with van der Waals surface area (Å²) in [5.74, 6) is 5.77. The third-order valence-corrected chi connectivity index (χ3v) is 5.75. The number of carbonyl (C=O) groups excluding carboxylic acids is 1. The van der Waals surface area contributed by atoms with Crippen molar-refractivity contribution in [3.05, 3.63) is 47.4 Å². The van der Waals surface area contributed by atoms with E-state index in [2.05, 4.69) is 27.1 Å². The molecule has 0 bridgehead atoms. The lowest BCUT2D eigenvalue weighted by Gasteiger charge is -2.23. The third-order valence-electron chi connectivity index (χ3n) is 5.05. The average molecular weight is 534 g/mol. The third kappa shape index (κ3) is 8.21. The minimum atomic E-state index is -2.72. The fourth-order valence-corrected chi connectivity index (χ4v) is 3.75. The van der Waals surface area contributed by atoms with E-state index in [0.717, 1.165) is 24.6 Å². The highest BCUT2D eigenvalue weighted by Gasteiger charge is 2.27. The number of nitrogens with two attached hydrogens (primary N) is 4. The number of amidine groups is 2. The summed E-state index contributed by atoms with van der Waals surface area (Å²) in [7, 11) is 1.37. The molecule has 1 aromatic carbocycles. The summed E-state index contributed by atoms with van der Waals surface area (Å²) in [5.41, 5.74) is 24.0. The molecule has 3 unspecified atom stereocenters. The maximum absolute atomic E-state index is 13.5. The zero-order chi connectivity index (χ0) is 27.1. The van der Waals surface area contributed by atoms with E-state index in [-0.39, 0.29) is 39.3 Å². The molecule has 3 rings (SSSR count). The van der Waals surface area contributed by atoms with Gasteiger partial charge in [0.25, 0.3) is 18.4 Å². The van der Waals surface area contributed by atoms with Crippen molar-refractivity contribution in [2.24, 2.45) is 38.8 Å². The van der Waals surface area contributed by atoms with Crippen LogP contribution in [0.15, 0.2) is 46.2 Å². The van der Waals surface area contributed by atoms with Crippen LogP contribution in [0.3, 0.4) is 0 Å². The summed E-state index contributed by atoms with van der Waals surface area (Å²) < 4.78 is 37.5. The lowest BCUT2D eigenvalue weighted by molar-refractivity contribution is 0.100. The van der Waals surface area contributed by atoms with E-state index in [4.69, 9.17) is 32.4 Å². The maximum atomic E-state index is 13.5. The number of hydrogen-bond acceptors (Lipinski definition) is 8. The SMILES string of the molecule is COC1=CNC(C(F)F)C=C1c1cc(N=C(N)OC(C)N)ccc1C(=O)N=C(N)SC(N)C#CC1CC1. The second kappa shape index (κ2) is 12.6. The van der Waals surface area contributed by atoms with Gasteiger partial charge in [0.15, 0.2) is 5.17 Å². The molecular formula is C24H29F2N7O3S. The molecule has 0 saturated heterocycles. The quantitative estimate of drug-likeness (QED) is 0.152. The number of methoxy groups -OCH3 is 1. The summed E-state index contributed by atoms with van der Waals surface area (Å²) in [5, 5.41) is 1.82. The van der Waals surface area contributed by atoms with Crippen molar-refractivity contribution < 1.29 is 23.0 Å². The first kappa shape index (κ1) is 28.0. The molecule has 0 radical (unpaired) electrons. The van der Waals surface area contributed by atoms with Gasteiger partial charge in [-0.15, -0.1) is 0 Å². The van der Waals surface area contributed by atoms with Gasteiger partial charge >= 0.3 is 0 Å². The van der Waals surface area contributed by atoms with E-state index in [1.54, 1.807) is 6.92 Å². The Morgan fingerprint density at radius 3 is 2.62 bits per heavy atom. The highest BCUT2D eigenvalue weighted by Crippen LogP contribution is 2.33. The molecular weight excluding hydrogens is 504 g/mol. The summed E-state index contributed by atoms with van der Waals surface area (Å²) in [6, 6.07) is 2.86. The molecule has 1 amide bonds. The molecule has 0 aromatic heterocycles. The van der Waals surface area contributed by atoms with Crippen LogP contribution in [0.5, 0.6) is 0 Å². The number of halogens is 2. The molecule has 9 N–H and O–H groups in total. The maximum Gasteiger partial charge on any atom is 0.288 e. The number of rotatable bonds is 7. The van der Waals surface area contributed by atoms with Crippen LogP contribution in [0.1, 0.15) is 35.7 Å². The molecule has 0 spiro atoms. The lowest BCUT2D eigenvalue weighted by atomic mass is 9.94. The van der Waals surface area contributed by atoms with Crippen LogP contribution in [0, 0.1) is 17.8 Å². The van der Waals surface area contributed by atoms with Gasteiger partial charge in [-0.25, -0.2) is 8.78 Å². The van der Waals surface area contributed by atoms with E-state index in [9.17, 15) is 13.6 Å². The van der Waals surface area contributed by atoms with E-state index < -0.39 is 30.0 Å². The summed E-state index contributed by atoms with van der Waals surface area (Å²) in [6.07, 6.45) is 1.23. The highest BCUT2D eigenvalue weighted by molar-refractivity contribution is 8.14. The number of ether oxygens (including phenoxy) is 2. The second-order valence-corrected chi connectivity index (χ2v) is 9.34. The van der Waals surface area contributed by atoms with Gasteiger partial charge in [0, 0.05) is 28.8 Å². The zero-order valence-corrected chi connectivity index (χ0v) is 21.1. The van der Waals surface area contributed by atoms with Crippen LogP contribution in [0.4, 0.5) is 14.5 Å². The molecule has 13 heteroatoms. The van der Waals surface area contributed by atoms with Gasteiger partial charge in [-0.1, -0.05) is 23.6 Å². The Kier molecular flexibility index (Phi) is 9.51. The standard InChI is InChI=1S/C24H29F2N7O3S/c1-12(27)36-23(29)32-14-6-7-15(22(34)33-24(30)37-20(28)8-5-13-3-4-13)16(9-14)17-10-18(21(25)26)31-11-19(17)35-2/h6-7,9-13,18,20-21,31H,3-4,27-28H2,1-2H3,(H2,29,32)(H2,30,33,34). The molecule has 1 fully saturated rings. The average Bonchev–Trinajstić information content (AvgIpc) is 3.66. The van der Waals surface area contributed by atoms with Crippen molar-refractivity contribution in [1.29, 1.82) is 0 Å². The second-order valence-electron chi connectivity index (χ2n) is 8.18. The molecule has 10 nitrogen and oxygen atoms in total. The number of alkyl halides is 2. The monoisotopic (exact) mass is 533 g/mol. The number of thioether (sulfide) groups is 1. The van der Waals surface area contributed by atoms with E-state index >= 15 is 0 Å². The van der Waals surface area contributed by atoms with Crippen LogP contribution in [0.2, 0.25) is 0 Å². The molecule has 1 heterocycles. The zero-order valence-electron chi connectivity index (χ0n) is 20.3. The number of nitrogens with zero attached hydrogens (tertiary/aromatic N) is 2. The van der Waals surface area contributed by atoms with Crippen LogP contribution < -0.4 is 28.3 Å². The van der Waals surface area contributed by atoms with E-state index in [0.29, 0.717) is 5.92 Å². The number of aliphatic imine (C=N–C) groups is 2. The van der Waals surface area contributed by atoms with Crippen LogP contribution >= 0.6 is 11.8 Å². The summed E-state index contributed by atoms with van der Waals surface area (Å²) in [6.45, 7) is 1.57. The fourth-order valence-electron chi connectivity index (χ4n) is 3.23. The van der Waals surface area contributed by atoms with Crippen molar-refractivity contribution in [2.45, 2.75) is 43.8 Å². The summed E-state index contributed by atoms with van der Waals surface area (Å²) in [4.78, 5) is 21.2. The molecule has 37 heavy (non-hydrogen) atoms. The first-order valence-electron chi connectivity index (χ1n) is 11.3. The van der Waals surface area contributed by atoms with Gasteiger partial charge < -0.3 is 32.0 Å². The fraction of sp³-hybridized carbons (Fsp3) is 0.375. The first-order chi connectivity index (χ1) is 17.6. The Labute approximate surface area is 217 Å². The summed E-state index contributed by atoms with van der Waals surface area (Å²) >= 11 is 0.945. The molecule has 2 aliphatic rings. The molecule has 1 aliphatic carbocycles. The smallest absolute Gasteiger partial charge is 0.288 e. The Balaban J connectivity index is 2.00. The van der Waals surface area contributed by atoms with Gasteiger partial charge in [0.2, 0.25) is 0 Å². The molecule has 1 aliphatic heterocycles. The number of dihydropyridines is 1. The number of nitrogens with one attached hydrogen (secondary N) is 1. The van der Waals surface area contributed by atoms with Gasteiger partial charge in [0.1, 0.15) is 23.4 Å². The minimum Gasteiger partial charge on any atom is -0.495 e. The van der Waals surface area contributed by atoms with E-state index in [1.807, 2.05) is 0 Å². The Morgan fingerprint density at radius 1 is 1.27 bits per heavy atom. The predicted molar refractivity (Wildman–Crippen MR) is 140 cm³/mol. The van der Waals surface area contributed by atoms with Crippen molar-refractivity contribution >= 4 is 40.1 Å². The predicted octanol–water partition coefficient (Wildman–Crippen LogP) is 1.95. The van der Waals surface area contributed by atoms with Crippen molar-refractivity contribution in [3.63, 3.8) is 0 Å². The Hall–Kier alpha value is -3.60. The Bertz CT molecular complexity index is 1200. The molecule has 1 saturated carbocycles. The number of benzene rings is 1. The topological polar surface area (TPSA) is 176 Å². The first-order valence-corrected chi connectivity index (χ1v) is 12.2. The van der Waals surface area contributed by atoms with Gasteiger partial charge in [-0.3, -0.25) is 10.5 Å². The minimum absolute atomic E-state index is 0.0657. The van der Waals surface area contributed by atoms with Gasteiger partial charge in [-0.05, 0) is 44.0 Å². The largest absolute Gasteiger partial charge is 0.495 e. The highest BCUT2D eigenvalue weighted by atomic mass is 32.2. The van der Waals surface area contributed by atoms with Crippen molar-refractivity contribution in [1.82, 2.24) is 5.32 Å². The van der Waals surface area contributed by atoms with Crippen LogP contribution in [-0.4, -0.2) is 48.3 Å². The lowest BCUT2D eigenvalue weighted by Crippen LogP contribution is -2.33. The number of carbonyl (C=O) groups is 1. The van der Waals surface area contributed by atoms with E-state index in [1.165, 1.54) is 37.6 Å². The Morgan fingerprint density at radius 2 is 2.00 bits per heavy atom. The molecule has 3 atom stereocenters.